The largest absolute Gasteiger partial charge is 0.314 e. The normalized spacial score (nSPS) is 46.9. The maximum Gasteiger partial charge on any atom is 0.0210 e. The summed E-state index contributed by atoms with van der Waals surface area (Å²) in [7, 11) is 0. The maximum atomic E-state index is 3.53. The van der Waals surface area contributed by atoms with Gasteiger partial charge in [-0.05, 0) is 51.1 Å². The van der Waals surface area contributed by atoms with Gasteiger partial charge in [0.15, 0.2) is 0 Å². The van der Waals surface area contributed by atoms with E-state index >= 15 is 0 Å². The zero-order valence-electron chi connectivity index (χ0n) is 13.8. The second-order valence-corrected chi connectivity index (χ2v) is 7.99. The first-order valence-electron chi connectivity index (χ1n) is 9.51. The Kier molecular flexibility index (Phi) is 4.98. The highest BCUT2D eigenvalue weighted by molar-refractivity contribution is 4.95. The second-order valence-electron chi connectivity index (χ2n) is 7.99. The van der Waals surface area contributed by atoms with Crippen molar-refractivity contribution < 1.29 is 0 Å². The Morgan fingerprint density at radius 2 is 1.14 bits per heavy atom. The lowest BCUT2D eigenvalue weighted by Crippen LogP contribution is -2.65. The molecule has 6 bridgehead atoms. The van der Waals surface area contributed by atoms with Crippen LogP contribution in [0.15, 0.2) is 0 Å². The van der Waals surface area contributed by atoms with E-state index in [4.69, 9.17) is 0 Å². The Labute approximate surface area is 135 Å². The molecule has 7 aliphatic rings. The molecule has 22 heavy (non-hydrogen) atoms. The van der Waals surface area contributed by atoms with Gasteiger partial charge in [-0.25, -0.2) is 0 Å². The smallest absolute Gasteiger partial charge is 0.0210 e. The van der Waals surface area contributed by atoms with Gasteiger partial charge in [-0.2, -0.15) is 0 Å². The number of hydrogen-bond donors (Lipinski definition) is 4. The topological polar surface area (TPSA) is 51.4 Å². The van der Waals surface area contributed by atoms with Crippen LogP contribution in [0.25, 0.3) is 0 Å². The van der Waals surface area contributed by atoms with E-state index in [1.54, 1.807) is 0 Å². The van der Waals surface area contributed by atoms with Crippen LogP contribution in [-0.2, 0) is 0 Å². The number of nitrogens with zero attached hydrogens (tertiary/aromatic N) is 1. The highest BCUT2D eigenvalue weighted by Gasteiger charge is 2.31. The lowest BCUT2D eigenvalue weighted by Gasteiger charge is -2.42. The summed E-state index contributed by atoms with van der Waals surface area (Å²) < 4.78 is 0. The van der Waals surface area contributed by atoms with Gasteiger partial charge in [0.2, 0.25) is 0 Å². The number of hydrogen-bond acceptors (Lipinski definition) is 5. The molecule has 0 amide bonds. The van der Waals surface area contributed by atoms with Crippen LogP contribution < -0.4 is 21.3 Å². The molecule has 7 rings (SSSR count). The van der Waals surface area contributed by atoms with Gasteiger partial charge in [0.25, 0.3) is 0 Å². The van der Waals surface area contributed by atoms with Gasteiger partial charge in [0.05, 0.1) is 0 Å². The van der Waals surface area contributed by atoms with Crippen LogP contribution in [0.3, 0.4) is 0 Å². The molecule has 0 aliphatic carbocycles. The summed E-state index contributed by atoms with van der Waals surface area (Å²) in [4.78, 5) is 2.56. The molecule has 0 spiro atoms. The number of piperazine rings is 2. The quantitative estimate of drug-likeness (QED) is 0.497. The Morgan fingerprint density at radius 1 is 0.636 bits per heavy atom. The summed E-state index contributed by atoms with van der Waals surface area (Å²) in [6.07, 6.45) is 7.16. The molecule has 7 saturated heterocycles. The Bertz CT molecular complexity index is 311. The Balaban J connectivity index is 0.0000000855. The van der Waals surface area contributed by atoms with Gasteiger partial charge in [-0.1, -0.05) is 0 Å². The molecular weight excluding hydrogens is 274 g/mol. The van der Waals surface area contributed by atoms with Crippen LogP contribution in [-0.4, -0.2) is 74.9 Å². The molecule has 7 fully saturated rings. The van der Waals surface area contributed by atoms with E-state index < -0.39 is 0 Å². The molecule has 4 unspecified atom stereocenters. The van der Waals surface area contributed by atoms with Gasteiger partial charge in [-0.15, -0.1) is 0 Å². The van der Waals surface area contributed by atoms with E-state index in [-0.39, 0.29) is 0 Å². The first-order valence-corrected chi connectivity index (χ1v) is 9.51. The Morgan fingerprint density at radius 3 is 1.41 bits per heavy atom. The van der Waals surface area contributed by atoms with E-state index in [1.165, 1.54) is 77.9 Å². The van der Waals surface area contributed by atoms with Gasteiger partial charge in [0, 0.05) is 56.9 Å². The van der Waals surface area contributed by atoms with Crippen LogP contribution in [0.5, 0.6) is 0 Å². The molecular formula is C17H33N5. The highest BCUT2D eigenvalue weighted by Crippen LogP contribution is 2.26. The van der Waals surface area contributed by atoms with Crippen LogP contribution in [0.1, 0.15) is 32.1 Å². The highest BCUT2D eigenvalue weighted by atomic mass is 15.2. The number of fused-ring (bicyclic) bond motifs is 6. The van der Waals surface area contributed by atoms with Crippen LogP contribution in [0.4, 0.5) is 0 Å². The zero-order valence-corrected chi connectivity index (χ0v) is 13.8. The van der Waals surface area contributed by atoms with Crippen molar-refractivity contribution in [2.45, 2.75) is 56.3 Å². The lowest BCUT2D eigenvalue weighted by atomic mass is 9.93. The van der Waals surface area contributed by atoms with Crippen LogP contribution in [0.2, 0.25) is 0 Å². The van der Waals surface area contributed by atoms with Gasteiger partial charge < -0.3 is 26.2 Å². The first-order chi connectivity index (χ1) is 10.8. The fraction of sp³-hybridized carbons (Fsp3) is 1.00. The third-order valence-electron chi connectivity index (χ3n) is 6.16. The molecule has 4 N–H and O–H groups in total. The predicted molar refractivity (Wildman–Crippen MR) is 90.2 cm³/mol. The fourth-order valence-corrected chi connectivity index (χ4v) is 4.74. The predicted octanol–water partition coefficient (Wildman–Crippen LogP) is -0.258. The summed E-state index contributed by atoms with van der Waals surface area (Å²) >= 11 is 0. The average Bonchev–Trinajstić information content (AvgIpc) is 3.27. The minimum atomic E-state index is 0.800. The van der Waals surface area contributed by atoms with E-state index in [0.717, 1.165) is 30.1 Å². The van der Waals surface area contributed by atoms with Gasteiger partial charge >= 0.3 is 0 Å². The summed E-state index contributed by atoms with van der Waals surface area (Å²) in [5.41, 5.74) is 0. The number of rotatable bonds is 0. The van der Waals surface area contributed by atoms with Crippen molar-refractivity contribution in [2.24, 2.45) is 5.92 Å². The van der Waals surface area contributed by atoms with Crippen molar-refractivity contribution >= 4 is 0 Å². The number of piperidine rings is 2. The Hall–Kier alpha value is -0.200. The summed E-state index contributed by atoms with van der Waals surface area (Å²) in [6, 6.07) is 3.24. The summed E-state index contributed by atoms with van der Waals surface area (Å²) in [5.74, 6) is 1.10. The fourth-order valence-electron chi connectivity index (χ4n) is 4.74. The molecule has 7 aliphatic heterocycles. The van der Waals surface area contributed by atoms with Crippen LogP contribution >= 0.6 is 0 Å². The van der Waals surface area contributed by atoms with E-state index in [1.807, 2.05) is 0 Å². The molecule has 0 aromatic rings. The average molecular weight is 307 g/mol. The van der Waals surface area contributed by atoms with Crippen LogP contribution in [0, 0.1) is 5.92 Å². The molecule has 7 heterocycles. The summed E-state index contributed by atoms with van der Waals surface area (Å²) in [5, 5.41) is 13.7. The van der Waals surface area contributed by atoms with Crippen molar-refractivity contribution in [2.75, 3.05) is 45.8 Å². The van der Waals surface area contributed by atoms with Gasteiger partial charge in [-0.3, -0.25) is 0 Å². The molecule has 5 heteroatoms. The maximum absolute atomic E-state index is 3.53. The molecule has 4 atom stereocenters. The van der Waals surface area contributed by atoms with E-state index in [2.05, 4.69) is 26.2 Å². The van der Waals surface area contributed by atoms with E-state index in [9.17, 15) is 0 Å². The molecule has 0 aromatic heterocycles. The SMILES string of the molecule is C1CC2CNCC1N2.C1CN2CCC1C2.C1NCC2CC1N2. The molecule has 0 saturated carbocycles. The van der Waals surface area contributed by atoms with Crippen molar-refractivity contribution in [3.05, 3.63) is 0 Å². The van der Waals surface area contributed by atoms with E-state index in [0.29, 0.717) is 0 Å². The molecule has 0 radical (unpaired) electrons. The van der Waals surface area contributed by atoms with Gasteiger partial charge in [0.1, 0.15) is 0 Å². The molecule has 0 aromatic carbocycles. The van der Waals surface area contributed by atoms with Crippen molar-refractivity contribution in [1.29, 1.82) is 0 Å². The molecule has 5 nitrogen and oxygen atoms in total. The first kappa shape index (κ1) is 15.3. The third kappa shape index (κ3) is 3.82. The molecule has 126 valence electrons. The second kappa shape index (κ2) is 7.14. The minimum absolute atomic E-state index is 0.800. The monoisotopic (exact) mass is 307 g/mol. The van der Waals surface area contributed by atoms with Crippen molar-refractivity contribution in [1.82, 2.24) is 26.2 Å². The third-order valence-corrected chi connectivity index (χ3v) is 6.16. The zero-order chi connectivity index (χ0) is 14.8. The number of nitrogens with one attached hydrogen (secondary N) is 4. The standard InChI is InChI=1S/C6H12N2.C6H11N.C5H10N2/c1-2-6-4-7-3-5(1)8-6;1-3-7-4-2-6(1)5-7;1-4-2-6-3-5(1)7-4/h5-8H,1-4H2;6H,1-5H2;4-7H,1-3H2. The minimum Gasteiger partial charge on any atom is -0.314 e. The summed E-state index contributed by atoms with van der Waals surface area (Å²) in [6.45, 7) is 8.97. The van der Waals surface area contributed by atoms with Crippen molar-refractivity contribution in [3.8, 4) is 0 Å². The van der Waals surface area contributed by atoms with Crippen molar-refractivity contribution in [3.63, 3.8) is 0 Å². The lowest BCUT2D eigenvalue weighted by molar-refractivity contribution is 0.201.